The van der Waals surface area contributed by atoms with E-state index in [1.807, 2.05) is 26.0 Å². The number of nitriles is 1. The number of nitrogens with zero attached hydrogens (tertiary/aromatic N) is 1. The molecule has 4 nitrogen and oxygen atoms in total. The zero-order chi connectivity index (χ0) is 14.8. The van der Waals surface area contributed by atoms with Crippen LogP contribution in [0.15, 0.2) is 18.2 Å². The molecular weight excluding hydrogens is 252 g/mol. The number of hydrogen-bond donors (Lipinski definition) is 1. The van der Waals surface area contributed by atoms with Crippen LogP contribution >= 0.6 is 0 Å². The summed E-state index contributed by atoms with van der Waals surface area (Å²) < 4.78 is 11.8. The van der Waals surface area contributed by atoms with Crippen molar-refractivity contribution in [3.05, 3.63) is 23.8 Å². The number of para-hydroxylation sites is 1. The highest BCUT2D eigenvalue weighted by Gasteiger charge is 2.33. The highest BCUT2D eigenvalue weighted by Crippen LogP contribution is 2.41. The summed E-state index contributed by atoms with van der Waals surface area (Å²) in [5, 5.41) is 12.4. The van der Waals surface area contributed by atoms with Gasteiger partial charge in [0.1, 0.15) is 17.7 Å². The number of likely N-dealkylation sites (N-methyl/N-ethyl adjacent to an activating group) is 1. The molecule has 108 valence electrons. The molecule has 1 atom stereocenters. The molecule has 0 radical (unpaired) electrons. The molecule has 1 aliphatic rings. The maximum atomic E-state index is 9.25. The van der Waals surface area contributed by atoms with E-state index in [2.05, 4.69) is 31.3 Å². The summed E-state index contributed by atoms with van der Waals surface area (Å²) in [6, 6.07) is 8.18. The van der Waals surface area contributed by atoms with Crippen LogP contribution < -0.4 is 14.8 Å². The van der Waals surface area contributed by atoms with Crippen molar-refractivity contribution in [2.24, 2.45) is 0 Å². The molecule has 0 saturated heterocycles. The van der Waals surface area contributed by atoms with E-state index in [4.69, 9.17) is 9.47 Å². The van der Waals surface area contributed by atoms with Gasteiger partial charge in [0.15, 0.2) is 11.5 Å². The summed E-state index contributed by atoms with van der Waals surface area (Å²) in [6.07, 6.45) is 0.877. The molecule has 0 fully saturated rings. The summed E-state index contributed by atoms with van der Waals surface area (Å²) in [5.41, 5.74) is 0.280. The topological polar surface area (TPSA) is 54.3 Å². The largest absolute Gasteiger partial charge is 0.487 e. The average molecular weight is 274 g/mol. The zero-order valence-corrected chi connectivity index (χ0v) is 12.6. The van der Waals surface area contributed by atoms with E-state index in [0.29, 0.717) is 5.75 Å². The summed E-state index contributed by atoms with van der Waals surface area (Å²) in [5.74, 6) is 1.53. The Morgan fingerprint density at radius 2 is 2.25 bits per heavy atom. The fourth-order valence-electron chi connectivity index (χ4n) is 2.44. The van der Waals surface area contributed by atoms with Gasteiger partial charge in [0.25, 0.3) is 0 Å². The van der Waals surface area contributed by atoms with Crippen LogP contribution in [0.3, 0.4) is 0 Å². The molecule has 1 unspecified atom stereocenters. The Bertz CT molecular complexity index is 534. The lowest BCUT2D eigenvalue weighted by Crippen LogP contribution is -2.46. The molecule has 0 spiro atoms. The van der Waals surface area contributed by atoms with E-state index in [9.17, 15) is 5.26 Å². The predicted molar refractivity (Wildman–Crippen MR) is 78.0 cm³/mol. The predicted octanol–water partition coefficient (Wildman–Crippen LogP) is 2.67. The average Bonchev–Trinajstić information content (AvgIpc) is 2.71. The Labute approximate surface area is 120 Å². The van der Waals surface area contributed by atoms with Crippen LogP contribution in [0.5, 0.6) is 11.5 Å². The van der Waals surface area contributed by atoms with Crippen molar-refractivity contribution >= 4 is 0 Å². The summed E-state index contributed by atoms with van der Waals surface area (Å²) in [4.78, 5) is 0. The summed E-state index contributed by atoms with van der Waals surface area (Å²) >= 11 is 0. The van der Waals surface area contributed by atoms with Gasteiger partial charge in [0.2, 0.25) is 0 Å². The maximum Gasteiger partial charge on any atom is 0.165 e. The molecule has 0 amide bonds. The summed E-state index contributed by atoms with van der Waals surface area (Å²) in [7, 11) is 0. The van der Waals surface area contributed by atoms with Crippen molar-refractivity contribution in [3.8, 4) is 17.6 Å². The van der Waals surface area contributed by atoms with E-state index in [-0.39, 0.29) is 12.2 Å². The lowest BCUT2D eigenvalue weighted by atomic mass is 10.0. The van der Waals surface area contributed by atoms with Crippen molar-refractivity contribution in [3.63, 3.8) is 0 Å². The molecular formula is C16H22N2O2. The van der Waals surface area contributed by atoms with E-state index in [0.717, 1.165) is 24.3 Å². The number of ether oxygens (including phenoxy) is 2. The van der Waals surface area contributed by atoms with Crippen molar-refractivity contribution in [2.45, 2.75) is 45.3 Å². The fraction of sp³-hybridized carbons (Fsp3) is 0.562. The van der Waals surface area contributed by atoms with Gasteiger partial charge in [-0.05, 0) is 33.4 Å². The number of nitrogens with one attached hydrogen (secondary N) is 1. The second-order valence-corrected chi connectivity index (χ2v) is 6.05. The minimum Gasteiger partial charge on any atom is -0.487 e. The zero-order valence-electron chi connectivity index (χ0n) is 12.6. The molecule has 2 rings (SSSR count). The van der Waals surface area contributed by atoms with E-state index in [1.54, 1.807) is 0 Å². The normalized spacial score (nSPS) is 18.6. The smallest absolute Gasteiger partial charge is 0.165 e. The molecule has 1 aromatic rings. The molecule has 1 N–H and O–H groups in total. The summed E-state index contributed by atoms with van der Waals surface area (Å²) in [6.45, 7) is 8.96. The number of benzene rings is 1. The van der Waals surface area contributed by atoms with Gasteiger partial charge in [0.05, 0.1) is 6.07 Å². The molecule has 1 heterocycles. The van der Waals surface area contributed by atoms with E-state index < -0.39 is 5.54 Å². The van der Waals surface area contributed by atoms with Gasteiger partial charge in [-0.25, -0.2) is 0 Å². The van der Waals surface area contributed by atoms with Crippen LogP contribution in [-0.2, 0) is 6.42 Å². The highest BCUT2D eigenvalue weighted by molar-refractivity contribution is 5.50. The van der Waals surface area contributed by atoms with Gasteiger partial charge in [-0.15, -0.1) is 0 Å². The molecule has 0 bridgehead atoms. The van der Waals surface area contributed by atoms with Gasteiger partial charge < -0.3 is 9.47 Å². The lowest BCUT2D eigenvalue weighted by Gasteiger charge is -2.23. The monoisotopic (exact) mass is 274 g/mol. The third-order valence-corrected chi connectivity index (χ3v) is 3.39. The lowest BCUT2D eigenvalue weighted by molar-refractivity contribution is 0.129. The van der Waals surface area contributed by atoms with Crippen LogP contribution in [0, 0.1) is 11.3 Å². The molecule has 20 heavy (non-hydrogen) atoms. The second kappa shape index (κ2) is 5.34. The first-order valence-corrected chi connectivity index (χ1v) is 6.99. The Balaban J connectivity index is 2.13. The van der Waals surface area contributed by atoms with Gasteiger partial charge in [-0.1, -0.05) is 19.1 Å². The molecule has 0 aliphatic carbocycles. The minimum absolute atomic E-state index is 0.192. The Hall–Kier alpha value is -1.73. The fourth-order valence-corrected chi connectivity index (χ4v) is 2.44. The molecule has 4 heteroatoms. The van der Waals surface area contributed by atoms with Crippen LogP contribution in [0.25, 0.3) is 0 Å². The second-order valence-electron chi connectivity index (χ2n) is 6.05. The Kier molecular flexibility index (Phi) is 3.92. The quantitative estimate of drug-likeness (QED) is 0.897. The third kappa shape index (κ3) is 3.05. The molecule has 0 aromatic heterocycles. The highest BCUT2D eigenvalue weighted by atomic mass is 16.5. The van der Waals surface area contributed by atoms with E-state index >= 15 is 0 Å². The van der Waals surface area contributed by atoms with Crippen LogP contribution in [0.4, 0.5) is 0 Å². The van der Waals surface area contributed by atoms with Crippen LogP contribution in [0.2, 0.25) is 0 Å². The van der Waals surface area contributed by atoms with Crippen molar-refractivity contribution in [1.29, 1.82) is 5.26 Å². The molecule has 0 saturated carbocycles. The van der Waals surface area contributed by atoms with Crippen LogP contribution in [-0.4, -0.2) is 24.3 Å². The molecule has 1 aromatic carbocycles. The number of rotatable bonds is 5. The first kappa shape index (κ1) is 14.7. The van der Waals surface area contributed by atoms with Gasteiger partial charge in [-0.2, -0.15) is 5.26 Å². The van der Waals surface area contributed by atoms with Gasteiger partial charge in [-0.3, -0.25) is 5.32 Å². The van der Waals surface area contributed by atoms with Gasteiger partial charge in [0, 0.05) is 12.0 Å². The third-order valence-electron chi connectivity index (χ3n) is 3.39. The maximum absolute atomic E-state index is 9.25. The van der Waals surface area contributed by atoms with Crippen molar-refractivity contribution in [2.75, 3.05) is 13.2 Å². The SMILES string of the molecule is CCNC(C)(C#N)COc1cccc2c1OC(C)(C)C2. The first-order valence-electron chi connectivity index (χ1n) is 6.99. The number of fused-ring (bicyclic) bond motifs is 1. The standard InChI is InChI=1S/C16H22N2O2/c1-5-18-16(4,10-17)11-19-13-8-6-7-12-9-15(2,3)20-14(12)13/h6-8,18H,5,9,11H2,1-4H3. The van der Waals surface area contributed by atoms with Gasteiger partial charge >= 0.3 is 0 Å². The Morgan fingerprint density at radius 1 is 1.50 bits per heavy atom. The molecule has 1 aliphatic heterocycles. The van der Waals surface area contributed by atoms with E-state index in [1.165, 1.54) is 0 Å². The first-order chi connectivity index (χ1) is 9.39. The Morgan fingerprint density at radius 3 is 2.90 bits per heavy atom. The van der Waals surface area contributed by atoms with Crippen molar-refractivity contribution < 1.29 is 9.47 Å². The van der Waals surface area contributed by atoms with Crippen molar-refractivity contribution in [1.82, 2.24) is 5.32 Å². The minimum atomic E-state index is -0.689. The number of hydrogen-bond acceptors (Lipinski definition) is 4. The van der Waals surface area contributed by atoms with Crippen LogP contribution in [0.1, 0.15) is 33.3 Å².